The fraction of sp³-hybridized carbons (Fsp3) is 0. The van der Waals surface area contributed by atoms with E-state index in [1.807, 2.05) is 0 Å². The molecule has 1 heterocycles. The molecule has 0 aromatic carbocycles. The van der Waals surface area contributed by atoms with Crippen molar-refractivity contribution in [1.82, 2.24) is 0 Å². The standard InChI is InChI=1S/C7H10N6O5/c8-6(16)12(10)2-1-3(13(11)7(9)17)18-4(2)5(14)15/h1H,10-11H2,(H2,8,16)(H2,9,17)(H,14,15). The number of amides is 4. The van der Waals surface area contributed by atoms with Gasteiger partial charge in [-0.05, 0) is 0 Å². The zero-order valence-electron chi connectivity index (χ0n) is 8.86. The highest BCUT2D eigenvalue weighted by atomic mass is 16.4. The summed E-state index contributed by atoms with van der Waals surface area (Å²) in [6.07, 6.45) is 0. The maximum atomic E-state index is 10.9. The van der Waals surface area contributed by atoms with Crippen molar-refractivity contribution < 1.29 is 23.9 Å². The Morgan fingerprint density at radius 2 is 1.61 bits per heavy atom. The molecule has 0 saturated carbocycles. The second kappa shape index (κ2) is 4.60. The molecular formula is C7H10N6O5. The van der Waals surface area contributed by atoms with Gasteiger partial charge in [-0.2, -0.15) is 5.01 Å². The van der Waals surface area contributed by atoms with Gasteiger partial charge in [0, 0.05) is 6.07 Å². The predicted molar refractivity (Wildman–Crippen MR) is 58.2 cm³/mol. The molecule has 0 radical (unpaired) electrons. The molecule has 0 atom stereocenters. The van der Waals surface area contributed by atoms with Gasteiger partial charge in [0.2, 0.25) is 11.6 Å². The number of hydrogen-bond acceptors (Lipinski definition) is 6. The second-order valence-electron chi connectivity index (χ2n) is 3.02. The number of furan rings is 1. The molecule has 0 saturated heterocycles. The molecule has 1 aromatic rings. The van der Waals surface area contributed by atoms with Gasteiger partial charge in [0.05, 0.1) is 0 Å². The molecule has 1 rings (SSSR count). The number of carbonyl (C=O) groups is 3. The zero-order valence-corrected chi connectivity index (χ0v) is 8.86. The minimum absolute atomic E-state index is 0.325. The number of rotatable bonds is 3. The monoisotopic (exact) mass is 258 g/mol. The van der Waals surface area contributed by atoms with Gasteiger partial charge in [-0.3, -0.25) is 0 Å². The highest BCUT2D eigenvalue weighted by Crippen LogP contribution is 2.28. The number of aromatic carboxylic acids is 1. The number of carboxylic acids is 1. The normalized spacial score (nSPS) is 9.89. The van der Waals surface area contributed by atoms with Crippen LogP contribution in [0.15, 0.2) is 10.5 Å². The fourth-order valence-electron chi connectivity index (χ4n) is 1.05. The summed E-state index contributed by atoms with van der Waals surface area (Å²) in [6.45, 7) is 0. The number of carboxylic acid groups (broad SMARTS) is 1. The van der Waals surface area contributed by atoms with Crippen molar-refractivity contribution in [3.05, 3.63) is 11.8 Å². The molecule has 0 unspecified atom stereocenters. The van der Waals surface area contributed by atoms with Crippen LogP contribution >= 0.6 is 0 Å². The van der Waals surface area contributed by atoms with E-state index >= 15 is 0 Å². The van der Waals surface area contributed by atoms with Crippen LogP contribution in [0.1, 0.15) is 10.6 Å². The number of nitrogens with zero attached hydrogens (tertiary/aromatic N) is 2. The average Bonchev–Trinajstić information content (AvgIpc) is 2.71. The lowest BCUT2D eigenvalue weighted by atomic mass is 10.3. The summed E-state index contributed by atoms with van der Waals surface area (Å²) in [7, 11) is 0. The quantitative estimate of drug-likeness (QED) is 0.247. The van der Waals surface area contributed by atoms with Crippen LogP contribution in [0.4, 0.5) is 21.2 Å². The van der Waals surface area contributed by atoms with E-state index in [2.05, 4.69) is 0 Å². The highest BCUT2D eigenvalue weighted by molar-refractivity contribution is 6.00. The number of anilines is 2. The Kier molecular flexibility index (Phi) is 3.39. The number of nitrogens with two attached hydrogens (primary N) is 4. The second-order valence-corrected chi connectivity index (χ2v) is 3.02. The summed E-state index contributed by atoms with van der Waals surface area (Å²) < 4.78 is 4.74. The Bertz CT molecular complexity index is 510. The van der Waals surface area contributed by atoms with Gasteiger partial charge in [0.25, 0.3) is 0 Å². The third kappa shape index (κ3) is 2.31. The van der Waals surface area contributed by atoms with Gasteiger partial charge >= 0.3 is 18.0 Å². The smallest absolute Gasteiger partial charge is 0.374 e. The van der Waals surface area contributed by atoms with Crippen molar-refractivity contribution in [3.63, 3.8) is 0 Å². The number of hydrazine groups is 2. The molecule has 4 amide bonds. The first-order chi connectivity index (χ1) is 8.25. The summed E-state index contributed by atoms with van der Waals surface area (Å²) >= 11 is 0. The molecule has 0 aliphatic heterocycles. The SMILES string of the molecule is NC(=O)N(N)c1cc(N(N)C(N)=O)c(C(=O)O)o1. The Labute approximate surface area is 99.4 Å². The molecule has 0 aliphatic rings. The Morgan fingerprint density at radius 1 is 1.11 bits per heavy atom. The number of primary amides is 2. The van der Waals surface area contributed by atoms with Crippen LogP contribution in [-0.4, -0.2) is 23.1 Å². The molecule has 0 fully saturated rings. The molecular weight excluding hydrogens is 248 g/mol. The Balaban J connectivity index is 3.29. The van der Waals surface area contributed by atoms with Crippen LogP contribution < -0.4 is 33.2 Å². The van der Waals surface area contributed by atoms with Crippen LogP contribution in [0.25, 0.3) is 0 Å². The third-order valence-electron chi connectivity index (χ3n) is 1.87. The molecule has 18 heavy (non-hydrogen) atoms. The largest absolute Gasteiger partial charge is 0.475 e. The van der Waals surface area contributed by atoms with Crippen molar-refractivity contribution in [2.24, 2.45) is 23.2 Å². The van der Waals surface area contributed by atoms with E-state index in [1.165, 1.54) is 0 Å². The molecule has 0 aliphatic carbocycles. The van der Waals surface area contributed by atoms with E-state index < -0.39 is 29.7 Å². The van der Waals surface area contributed by atoms with Gasteiger partial charge in [0.15, 0.2) is 0 Å². The Hall–Kier alpha value is -2.79. The van der Waals surface area contributed by atoms with Gasteiger partial charge in [-0.25, -0.2) is 31.1 Å². The maximum Gasteiger partial charge on any atom is 0.374 e. The van der Waals surface area contributed by atoms with Gasteiger partial charge in [0.1, 0.15) is 5.69 Å². The van der Waals surface area contributed by atoms with E-state index in [0.717, 1.165) is 6.07 Å². The van der Waals surface area contributed by atoms with E-state index in [9.17, 15) is 14.4 Å². The summed E-state index contributed by atoms with van der Waals surface area (Å²) in [5, 5.41) is 9.49. The molecule has 9 N–H and O–H groups in total. The zero-order chi connectivity index (χ0) is 14.0. The summed E-state index contributed by atoms with van der Waals surface area (Å²) in [5.74, 6) is 7.75. The third-order valence-corrected chi connectivity index (χ3v) is 1.87. The summed E-state index contributed by atoms with van der Waals surface area (Å²) in [6, 6.07) is -1.30. The first-order valence-corrected chi connectivity index (χ1v) is 4.31. The molecule has 0 spiro atoms. The summed E-state index contributed by atoms with van der Waals surface area (Å²) in [5.41, 5.74) is 9.36. The number of carbonyl (C=O) groups excluding carboxylic acids is 2. The number of urea groups is 2. The van der Waals surface area contributed by atoms with Crippen LogP contribution in [0.2, 0.25) is 0 Å². The molecule has 11 heteroatoms. The number of hydrogen-bond donors (Lipinski definition) is 5. The van der Waals surface area contributed by atoms with Crippen LogP contribution in [-0.2, 0) is 0 Å². The first kappa shape index (κ1) is 13.3. The van der Waals surface area contributed by atoms with E-state index in [0.29, 0.717) is 10.0 Å². The van der Waals surface area contributed by atoms with E-state index in [4.69, 9.17) is 32.7 Å². The van der Waals surface area contributed by atoms with Crippen molar-refractivity contribution in [2.75, 3.05) is 10.0 Å². The first-order valence-electron chi connectivity index (χ1n) is 4.31. The molecule has 11 nitrogen and oxygen atoms in total. The predicted octanol–water partition coefficient (Wildman–Crippen LogP) is -1.50. The lowest BCUT2D eigenvalue weighted by Gasteiger charge is -2.11. The average molecular weight is 258 g/mol. The van der Waals surface area contributed by atoms with Gasteiger partial charge in [-0.15, -0.1) is 0 Å². The van der Waals surface area contributed by atoms with Gasteiger partial charge < -0.3 is 21.0 Å². The topological polar surface area (TPSA) is 195 Å². The maximum absolute atomic E-state index is 10.9. The molecule has 98 valence electrons. The summed E-state index contributed by atoms with van der Waals surface area (Å²) in [4.78, 5) is 32.5. The van der Waals surface area contributed by atoms with Crippen molar-refractivity contribution >= 4 is 29.6 Å². The molecule has 0 bridgehead atoms. The van der Waals surface area contributed by atoms with Crippen LogP contribution in [0, 0.1) is 0 Å². The fourth-order valence-corrected chi connectivity index (χ4v) is 1.05. The van der Waals surface area contributed by atoms with E-state index in [1.54, 1.807) is 0 Å². The Morgan fingerprint density at radius 3 is 2.00 bits per heavy atom. The van der Waals surface area contributed by atoms with Crippen molar-refractivity contribution in [2.45, 2.75) is 0 Å². The minimum atomic E-state index is -1.54. The van der Waals surface area contributed by atoms with E-state index in [-0.39, 0.29) is 5.69 Å². The van der Waals surface area contributed by atoms with Crippen LogP contribution in [0.3, 0.4) is 0 Å². The lowest BCUT2D eigenvalue weighted by molar-refractivity contribution is 0.0664. The van der Waals surface area contributed by atoms with Crippen molar-refractivity contribution in [1.29, 1.82) is 0 Å². The molecule has 1 aromatic heterocycles. The van der Waals surface area contributed by atoms with Crippen LogP contribution in [0.5, 0.6) is 0 Å². The minimum Gasteiger partial charge on any atom is -0.475 e. The van der Waals surface area contributed by atoms with Crippen molar-refractivity contribution in [3.8, 4) is 0 Å². The highest BCUT2D eigenvalue weighted by Gasteiger charge is 2.26. The van der Waals surface area contributed by atoms with Gasteiger partial charge in [-0.1, -0.05) is 0 Å². The lowest BCUT2D eigenvalue weighted by Crippen LogP contribution is -2.42.